The van der Waals surface area contributed by atoms with Gasteiger partial charge in [0.1, 0.15) is 6.04 Å². The average Bonchev–Trinajstić information content (AvgIpc) is 2.63. The van der Waals surface area contributed by atoms with Gasteiger partial charge in [0.2, 0.25) is 0 Å². The summed E-state index contributed by atoms with van der Waals surface area (Å²) >= 11 is 0. The molecule has 2 aromatic rings. The Morgan fingerprint density at radius 2 is 1.72 bits per heavy atom. The first-order chi connectivity index (χ1) is 11.9. The number of benzene rings is 2. The number of carbonyl (C=O) groups excluding carboxylic acids is 1. The van der Waals surface area contributed by atoms with E-state index in [0.717, 1.165) is 10.5 Å². The maximum Gasteiger partial charge on any atom is 0.326 e. The number of carboxylic acids is 1. The Labute approximate surface area is 145 Å². The van der Waals surface area contributed by atoms with Crippen molar-refractivity contribution < 1.29 is 19.8 Å². The van der Waals surface area contributed by atoms with E-state index >= 15 is 0 Å². The number of fused-ring (bicyclic) bond motifs is 1. The van der Waals surface area contributed by atoms with Crippen LogP contribution in [-0.2, 0) is 15.2 Å². The average molecular weight is 337 g/mol. The van der Waals surface area contributed by atoms with Gasteiger partial charge in [-0.25, -0.2) is 4.79 Å². The molecule has 0 spiro atoms. The quantitative estimate of drug-likeness (QED) is 0.899. The Bertz CT molecular complexity index is 831. The zero-order chi connectivity index (χ0) is 18.0. The molecule has 1 aliphatic rings. The molecule has 0 aromatic heterocycles. The number of hydrogen-bond acceptors (Lipinski definition) is 3. The van der Waals surface area contributed by atoms with Crippen molar-refractivity contribution in [2.24, 2.45) is 0 Å². The van der Waals surface area contributed by atoms with E-state index in [9.17, 15) is 19.8 Å². The second-order valence-electron chi connectivity index (χ2n) is 6.08. The molecule has 2 atom stereocenters. The molecule has 1 unspecified atom stereocenters. The third-order valence-electron chi connectivity index (χ3n) is 4.47. The molecule has 1 amide bonds. The van der Waals surface area contributed by atoms with Gasteiger partial charge in [-0.1, -0.05) is 54.6 Å². The number of rotatable bonds is 4. The SMILES string of the molecule is C[C@@H](C(=O)O)N(C(=O)C1(O)CC=Cc2ccccc21)c1ccccc1. The van der Waals surface area contributed by atoms with Gasteiger partial charge in [0, 0.05) is 17.7 Å². The fraction of sp³-hybridized carbons (Fsp3) is 0.200. The fourth-order valence-corrected chi connectivity index (χ4v) is 3.10. The molecule has 5 nitrogen and oxygen atoms in total. The van der Waals surface area contributed by atoms with Crippen molar-refractivity contribution in [3.63, 3.8) is 0 Å². The lowest BCUT2D eigenvalue weighted by molar-refractivity contribution is -0.144. The molecule has 3 rings (SSSR count). The van der Waals surface area contributed by atoms with E-state index in [0.29, 0.717) is 11.3 Å². The summed E-state index contributed by atoms with van der Waals surface area (Å²) in [7, 11) is 0. The number of para-hydroxylation sites is 1. The van der Waals surface area contributed by atoms with Crippen molar-refractivity contribution in [1.82, 2.24) is 0 Å². The second-order valence-corrected chi connectivity index (χ2v) is 6.08. The topological polar surface area (TPSA) is 77.8 Å². The van der Waals surface area contributed by atoms with E-state index in [1.165, 1.54) is 6.92 Å². The lowest BCUT2D eigenvalue weighted by Crippen LogP contribution is -2.53. The summed E-state index contributed by atoms with van der Waals surface area (Å²) in [6.45, 7) is 1.43. The van der Waals surface area contributed by atoms with Crippen LogP contribution in [0.1, 0.15) is 24.5 Å². The van der Waals surface area contributed by atoms with Gasteiger partial charge in [0.25, 0.3) is 5.91 Å². The maximum atomic E-state index is 13.3. The molecule has 2 N–H and O–H groups in total. The van der Waals surface area contributed by atoms with Crippen molar-refractivity contribution in [1.29, 1.82) is 0 Å². The molecular weight excluding hydrogens is 318 g/mol. The van der Waals surface area contributed by atoms with Crippen LogP contribution in [0.2, 0.25) is 0 Å². The van der Waals surface area contributed by atoms with Crippen LogP contribution in [0.3, 0.4) is 0 Å². The van der Waals surface area contributed by atoms with Crippen LogP contribution < -0.4 is 4.90 Å². The highest BCUT2D eigenvalue weighted by Crippen LogP contribution is 2.36. The molecule has 0 saturated heterocycles. The first-order valence-corrected chi connectivity index (χ1v) is 8.05. The minimum absolute atomic E-state index is 0.0958. The van der Waals surface area contributed by atoms with E-state index in [2.05, 4.69) is 0 Å². The molecule has 25 heavy (non-hydrogen) atoms. The van der Waals surface area contributed by atoms with E-state index in [4.69, 9.17) is 0 Å². The molecule has 0 bridgehead atoms. The number of amides is 1. The van der Waals surface area contributed by atoms with E-state index < -0.39 is 23.5 Å². The lowest BCUT2D eigenvalue weighted by Gasteiger charge is -2.37. The molecule has 5 heteroatoms. The summed E-state index contributed by atoms with van der Waals surface area (Å²) in [5.41, 5.74) is -0.130. The number of anilines is 1. The number of aliphatic carboxylic acids is 1. The molecule has 0 radical (unpaired) electrons. The van der Waals surface area contributed by atoms with Gasteiger partial charge in [-0.3, -0.25) is 9.69 Å². The molecule has 1 aliphatic carbocycles. The van der Waals surface area contributed by atoms with Gasteiger partial charge < -0.3 is 10.2 Å². The van der Waals surface area contributed by atoms with E-state index in [1.54, 1.807) is 48.5 Å². The minimum atomic E-state index is -1.80. The van der Waals surface area contributed by atoms with Gasteiger partial charge in [0.15, 0.2) is 5.60 Å². The number of carbonyl (C=O) groups is 2. The Kier molecular flexibility index (Phi) is 4.42. The number of carboxylic acid groups (broad SMARTS) is 1. The summed E-state index contributed by atoms with van der Waals surface area (Å²) in [5.74, 6) is -1.79. The van der Waals surface area contributed by atoms with Crippen LogP contribution in [0.15, 0.2) is 60.7 Å². The summed E-state index contributed by atoms with van der Waals surface area (Å²) in [5, 5.41) is 20.7. The van der Waals surface area contributed by atoms with Crippen molar-refractivity contribution in [2.75, 3.05) is 4.90 Å². The number of hydrogen-bond donors (Lipinski definition) is 2. The van der Waals surface area contributed by atoms with Gasteiger partial charge in [-0.2, -0.15) is 0 Å². The fourth-order valence-electron chi connectivity index (χ4n) is 3.10. The van der Waals surface area contributed by atoms with Crippen LogP contribution in [0.25, 0.3) is 6.08 Å². The van der Waals surface area contributed by atoms with Crippen molar-refractivity contribution >= 4 is 23.6 Å². The Morgan fingerprint density at radius 1 is 1.08 bits per heavy atom. The highest BCUT2D eigenvalue weighted by atomic mass is 16.4. The third-order valence-corrected chi connectivity index (χ3v) is 4.47. The van der Waals surface area contributed by atoms with Gasteiger partial charge in [-0.05, 0) is 24.6 Å². The van der Waals surface area contributed by atoms with Crippen molar-refractivity contribution in [3.05, 3.63) is 71.8 Å². The molecule has 0 heterocycles. The molecule has 0 fully saturated rings. The standard InChI is InChI=1S/C20H19NO4/c1-14(18(22)23)21(16-10-3-2-4-11-16)19(24)20(25)13-7-9-15-8-5-6-12-17(15)20/h2-12,14,25H,13H2,1H3,(H,22,23)/t14-,20?/m0/s1. The zero-order valence-corrected chi connectivity index (χ0v) is 13.8. The molecular formula is C20H19NO4. The smallest absolute Gasteiger partial charge is 0.326 e. The zero-order valence-electron chi connectivity index (χ0n) is 13.8. The predicted octanol–water partition coefficient (Wildman–Crippen LogP) is 2.80. The highest BCUT2D eigenvalue weighted by molar-refractivity contribution is 6.04. The van der Waals surface area contributed by atoms with Crippen LogP contribution in [0, 0.1) is 0 Å². The van der Waals surface area contributed by atoms with E-state index in [1.807, 2.05) is 18.2 Å². The number of aliphatic hydroxyl groups is 1. The third kappa shape index (κ3) is 2.94. The summed E-state index contributed by atoms with van der Waals surface area (Å²) < 4.78 is 0. The van der Waals surface area contributed by atoms with Crippen molar-refractivity contribution in [3.8, 4) is 0 Å². The van der Waals surface area contributed by atoms with Crippen LogP contribution >= 0.6 is 0 Å². The van der Waals surface area contributed by atoms with E-state index in [-0.39, 0.29) is 6.42 Å². The Hall–Kier alpha value is -2.92. The molecule has 0 aliphatic heterocycles. The Balaban J connectivity index is 2.09. The lowest BCUT2D eigenvalue weighted by atomic mass is 9.81. The number of nitrogens with zero attached hydrogens (tertiary/aromatic N) is 1. The molecule has 2 aromatic carbocycles. The molecule has 128 valence electrons. The first-order valence-electron chi connectivity index (χ1n) is 8.05. The first kappa shape index (κ1) is 16.9. The summed E-state index contributed by atoms with van der Waals surface area (Å²) in [4.78, 5) is 26.0. The molecule has 0 saturated carbocycles. The predicted molar refractivity (Wildman–Crippen MR) is 95.0 cm³/mol. The van der Waals surface area contributed by atoms with Crippen LogP contribution in [0.5, 0.6) is 0 Å². The minimum Gasteiger partial charge on any atom is -0.480 e. The largest absolute Gasteiger partial charge is 0.480 e. The van der Waals surface area contributed by atoms with Crippen LogP contribution in [-0.4, -0.2) is 28.1 Å². The second kappa shape index (κ2) is 6.53. The highest BCUT2D eigenvalue weighted by Gasteiger charge is 2.45. The van der Waals surface area contributed by atoms with Gasteiger partial charge >= 0.3 is 5.97 Å². The van der Waals surface area contributed by atoms with Gasteiger partial charge in [-0.15, -0.1) is 0 Å². The normalized spacial score (nSPS) is 19.8. The summed E-state index contributed by atoms with van der Waals surface area (Å²) in [6, 6.07) is 14.5. The maximum absolute atomic E-state index is 13.3. The van der Waals surface area contributed by atoms with Gasteiger partial charge in [0.05, 0.1) is 0 Å². The van der Waals surface area contributed by atoms with Crippen molar-refractivity contribution in [2.45, 2.75) is 25.0 Å². The van der Waals surface area contributed by atoms with Crippen LogP contribution in [0.4, 0.5) is 5.69 Å². The monoisotopic (exact) mass is 337 g/mol. The Morgan fingerprint density at radius 3 is 2.40 bits per heavy atom. The summed E-state index contributed by atoms with van der Waals surface area (Å²) in [6.07, 6.45) is 3.68.